The summed E-state index contributed by atoms with van der Waals surface area (Å²) in [4.78, 5) is 0. The van der Waals surface area contributed by atoms with Gasteiger partial charge in [0.25, 0.3) is 0 Å². The third kappa shape index (κ3) is 3.95. The summed E-state index contributed by atoms with van der Waals surface area (Å²) in [6.45, 7) is 12.0. The van der Waals surface area contributed by atoms with Crippen molar-refractivity contribution < 1.29 is 0 Å². The van der Waals surface area contributed by atoms with Gasteiger partial charge in [-0.1, -0.05) is 56.3 Å². The van der Waals surface area contributed by atoms with Crippen molar-refractivity contribution in [3.63, 3.8) is 0 Å². The zero-order chi connectivity index (χ0) is 15.4. The average molecular weight is 281 g/mol. The lowest BCUT2D eigenvalue weighted by atomic mass is 9.99. The summed E-state index contributed by atoms with van der Waals surface area (Å²) in [7, 11) is 0. The van der Waals surface area contributed by atoms with Gasteiger partial charge in [0.05, 0.1) is 0 Å². The Morgan fingerprint density at radius 2 is 1.48 bits per heavy atom. The topological polar surface area (TPSA) is 12.0 Å². The largest absolute Gasteiger partial charge is 0.306 e. The zero-order valence-corrected chi connectivity index (χ0v) is 13.9. The SMILES string of the molecule is Cc1cccc(CNC(C)c2ccc(C(C)C)cc2)c1C. The Labute approximate surface area is 129 Å². The maximum atomic E-state index is 3.63. The fourth-order valence-corrected chi connectivity index (χ4v) is 2.55. The van der Waals surface area contributed by atoms with Crippen LogP contribution in [0.25, 0.3) is 0 Å². The van der Waals surface area contributed by atoms with Crippen LogP contribution in [0.5, 0.6) is 0 Å². The molecule has 1 N–H and O–H groups in total. The molecule has 1 unspecified atom stereocenters. The van der Waals surface area contributed by atoms with Gasteiger partial charge in [-0.15, -0.1) is 0 Å². The number of rotatable bonds is 5. The molecule has 0 heterocycles. The van der Waals surface area contributed by atoms with E-state index in [9.17, 15) is 0 Å². The summed E-state index contributed by atoms with van der Waals surface area (Å²) in [5.41, 5.74) is 6.90. The predicted octanol–water partition coefficient (Wildman–Crippen LogP) is 5.28. The van der Waals surface area contributed by atoms with Crippen LogP contribution in [0, 0.1) is 13.8 Å². The molecule has 1 nitrogen and oxygen atoms in total. The second-order valence-electron chi connectivity index (χ2n) is 6.28. The number of benzene rings is 2. The summed E-state index contributed by atoms with van der Waals surface area (Å²) in [5, 5.41) is 3.63. The van der Waals surface area contributed by atoms with E-state index >= 15 is 0 Å². The van der Waals surface area contributed by atoms with Gasteiger partial charge in [-0.3, -0.25) is 0 Å². The second-order valence-corrected chi connectivity index (χ2v) is 6.28. The van der Waals surface area contributed by atoms with Gasteiger partial charge in [0, 0.05) is 12.6 Å². The molecule has 1 atom stereocenters. The minimum atomic E-state index is 0.367. The molecule has 0 radical (unpaired) electrons. The number of hydrogen-bond acceptors (Lipinski definition) is 1. The molecule has 0 spiro atoms. The highest BCUT2D eigenvalue weighted by Crippen LogP contribution is 2.19. The zero-order valence-electron chi connectivity index (χ0n) is 13.9. The quantitative estimate of drug-likeness (QED) is 0.786. The lowest BCUT2D eigenvalue weighted by Crippen LogP contribution is -2.18. The van der Waals surface area contributed by atoms with Gasteiger partial charge in [-0.25, -0.2) is 0 Å². The van der Waals surface area contributed by atoms with Crippen molar-refractivity contribution in [2.75, 3.05) is 0 Å². The van der Waals surface area contributed by atoms with Gasteiger partial charge in [0.1, 0.15) is 0 Å². The van der Waals surface area contributed by atoms with Gasteiger partial charge in [-0.05, 0) is 54.5 Å². The fraction of sp³-hybridized carbons (Fsp3) is 0.400. The van der Waals surface area contributed by atoms with Gasteiger partial charge < -0.3 is 5.32 Å². The molecule has 0 aromatic heterocycles. The van der Waals surface area contributed by atoms with Crippen LogP contribution in [-0.2, 0) is 6.54 Å². The van der Waals surface area contributed by atoms with E-state index in [0.29, 0.717) is 12.0 Å². The highest BCUT2D eigenvalue weighted by Gasteiger charge is 2.07. The monoisotopic (exact) mass is 281 g/mol. The molecule has 2 aromatic carbocycles. The number of hydrogen-bond donors (Lipinski definition) is 1. The van der Waals surface area contributed by atoms with E-state index in [2.05, 4.69) is 82.4 Å². The van der Waals surface area contributed by atoms with Crippen LogP contribution >= 0.6 is 0 Å². The molecule has 0 bridgehead atoms. The van der Waals surface area contributed by atoms with E-state index < -0.39 is 0 Å². The van der Waals surface area contributed by atoms with Crippen LogP contribution in [0.1, 0.15) is 60.5 Å². The molecule has 112 valence electrons. The van der Waals surface area contributed by atoms with Gasteiger partial charge in [0.15, 0.2) is 0 Å². The molecular weight excluding hydrogens is 254 g/mol. The molecule has 0 saturated heterocycles. The Bertz CT molecular complexity index is 581. The molecule has 0 aliphatic heterocycles. The van der Waals surface area contributed by atoms with Crippen molar-refractivity contribution in [1.82, 2.24) is 5.32 Å². The van der Waals surface area contributed by atoms with Crippen molar-refractivity contribution in [3.05, 3.63) is 70.3 Å². The van der Waals surface area contributed by atoms with E-state index in [4.69, 9.17) is 0 Å². The average Bonchev–Trinajstić information content (AvgIpc) is 2.48. The second kappa shape index (κ2) is 6.91. The Balaban J connectivity index is 2.01. The van der Waals surface area contributed by atoms with E-state index in [1.54, 1.807) is 0 Å². The van der Waals surface area contributed by atoms with Crippen LogP contribution in [-0.4, -0.2) is 0 Å². The molecule has 1 heteroatoms. The molecule has 0 fully saturated rings. The molecule has 0 amide bonds. The van der Waals surface area contributed by atoms with Crippen LogP contribution in [0.4, 0.5) is 0 Å². The fourth-order valence-electron chi connectivity index (χ4n) is 2.55. The van der Waals surface area contributed by atoms with Crippen molar-refractivity contribution >= 4 is 0 Å². The highest BCUT2D eigenvalue weighted by molar-refractivity contribution is 5.33. The minimum Gasteiger partial charge on any atom is -0.306 e. The lowest BCUT2D eigenvalue weighted by Gasteiger charge is -2.17. The molecule has 2 rings (SSSR count). The lowest BCUT2D eigenvalue weighted by molar-refractivity contribution is 0.573. The molecule has 2 aromatic rings. The minimum absolute atomic E-state index is 0.367. The first-order valence-corrected chi connectivity index (χ1v) is 7.87. The normalized spacial score (nSPS) is 12.7. The van der Waals surface area contributed by atoms with Crippen molar-refractivity contribution in [2.45, 2.75) is 53.1 Å². The van der Waals surface area contributed by atoms with Gasteiger partial charge in [0.2, 0.25) is 0 Å². The highest BCUT2D eigenvalue weighted by atomic mass is 14.9. The van der Waals surface area contributed by atoms with E-state index in [0.717, 1.165) is 6.54 Å². The Morgan fingerprint density at radius 1 is 0.857 bits per heavy atom. The summed E-state index contributed by atoms with van der Waals surface area (Å²) < 4.78 is 0. The van der Waals surface area contributed by atoms with Crippen molar-refractivity contribution in [1.29, 1.82) is 0 Å². The Morgan fingerprint density at radius 3 is 2.10 bits per heavy atom. The van der Waals surface area contributed by atoms with Crippen molar-refractivity contribution in [2.24, 2.45) is 0 Å². The first-order valence-electron chi connectivity index (χ1n) is 7.87. The number of aryl methyl sites for hydroxylation is 1. The van der Waals surface area contributed by atoms with Gasteiger partial charge in [-0.2, -0.15) is 0 Å². The number of nitrogens with one attached hydrogen (secondary N) is 1. The smallest absolute Gasteiger partial charge is 0.0294 e. The summed E-state index contributed by atoms with van der Waals surface area (Å²) >= 11 is 0. The van der Waals surface area contributed by atoms with Crippen LogP contribution in [0.2, 0.25) is 0 Å². The summed E-state index contributed by atoms with van der Waals surface area (Å²) in [6.07, 6.45) is 0. The van der Waals surface area contributed by atoms with E-state index in [1.165, 1.54) is 27.8 Å². The third-order valence-electron chi connectivity index (χ3n) is 4.42. The Kier molecular flexibility index (Phi) is 5.19. The first-order chi connectivity index (χ1) is 9.99. The summed E-state index contributed by atoms with van der Waals surface area (Å²) in [5.74, 6) is 0.595. The third-order valence-corrected chi connectivity index (χ3v) is 4.42. The van der Waals surface area contributed by atoms with E-state index in [1.807, 2.05) is 0 Å². The predicted molar refractivity (Wildman–Crippen MR) is 91.7 cm³/mol. The Hall–Kier alpha value is -1.60. The molecular formula is C20H27N. The maximum Gasteiger partial charge on any atom is 0.0294 e. The van der Waals surface area contributed by atoms with E-state index in [-0.39, 0.29) is 0 Å². The summed E-state index contributed by atoms with van der Waals surface area (Å²) in [6, 6.07) is 15.9. The molecule has 0 aliphatic carbocycles. The van der Waals surface area contributed by atoms with Gasteiger partial charge >= 0.3 is 0 Å². The first kappa shape index (κ1) is 15.8. The standard InChI is InChI=1S/C20H27N/c1-14(2)18-9-11-19(12-10-18)17(5)21-13-20-8-6-7-15(3)16(20)4/h6-12,14,17,21H,13H2,1-5H3. The molecule has 21 heavy (non-hydrogen) atoms. The van der Waals surface area contributed by atoms with Crippen LogP contribution < -0.4 is 5.32 Å². The van der Waals surface area contributed by atoms with Crippen LogP contribution in [0.15, 0.2) is 42.5 Å². The molecule has 0 saturated carbocycles. The maximum absolute atomic E-state index is 3.63. The van der Waals surface area contributed by atoms with Crippen LogP contribution in [0.3, 0.4) is 0 Å². The van der Waals surface area contributed by atoms with Crippen molar-refractivity contribution in [3.8, 4) is 0 Å². The molecule has 0 aliphatic rings.